The average molecular weight is 491 g/mol. The molecule has 3 aromatic rings. The van der Waals surface area contributed by atoms with Gasteiger partial charge in [0.2, 0.25) is 0 Å². The zero-order chi connectivity index (χ0) is 25.1. The van der Waals surface area contributed by atoms with Gasteiger partial charge >= 0.3 is 0 Å². The van der Waals surface area contributed by atoms with Crippen molar-refractivity contribution in [3.05, 3.63) is 99.8 Å². The molecule has 0 saturated carbocycles. The fraction of sp³-hybridized carbons (Fsp3) is 0.250. The fourth-order valence-electron chi connectivity index (χ4n) is 4.12. The number of aliphatic hydroxyl groups is 1. The number of ketones is 1. The molecule has 180 valence electrons. The summed E-state index contributed by atoms with van der Waals surface area (Å²) in [5, 5.41) is 11.9. The molecule has 35 heavy (non-hydrogen) atoms. The first-order chi connectivity index (χ1) is 16.8. The monoisotopic (exact) mass is 490 g/mol. The summed E-state index contributed by atoms with van der Waals surface area (Å²) < 4.78 is 5.79. The Labute approximate surface area is 209 Å². The van der Waals surface area contributed by atoms with Crippen molar-refractivity contribution < 1.29 is 19.4 Å². The van der Waals surface area contributed by atoms with E-state index in [2.05, 4.69) is 18.8 Å². The van der Waals surface area contributed by atoms with Crippen LogP contribution in [0.2, 0.25) is 5.02 Å². The van der Waals surface area contributed by atoms with E-state index < -0.39 is 17.7 Å². The molecule has 1 amide bonds. The first-order valence-corrected chi connectivity index (χ1v) is 11.8. The Kier molecular flexibility index (Phi) is 7.22. The fourth-order valence-corrected chi connectivity index (χ4v) is 4.25. The number of pyridine rings is 1. The zero-order valence-corrected chi connectivity index (χ0v) is 20.6. The summed E-state index contributed by atoms with van der Waals surface area (Å²) in [4.78, 5) is 32.0. The number of ether oxygens (including phenoxy) is 1. The standard InChI is InChI=1S/C28H27ClN2O4/c1-17(2)16-35-22-10-11-23(18(3)13-22)26(32)24-25(20-6-8-21(29)9-7-20)31(28(34)27(24)33)15-19-5-4-12-30-14-19/h4-14,17,25,32H,15-16H2,1-3H3/b26-24+/t25-/m1/s1. The summed E-state index contributed by atoms with van der Waals surface area (Å²) in [6, 6.07) is 15.1. The Morgan fingerprint density at radius 2 is 1.89 bits per heavy atom. The number of Topliss-reactive ketones (excluding diaryl/α,β-unsaturated/α-hetero) is 1. The SMILES string of the molecule is Cc1cc(OCC(C)C)ccc1/C(O)=C1\C(=O)C(=O)N(Cc2cccnc2)[C@@H]1c1ccc(Cl)cc1. The molecular formula is C28H27ClN2O4. The quantitative estimate of drug-likeness (QED) is 0.261. The van der Waals surface area contributed by atoms with Crippen LogP contribution in [-0.4, -0.2) is 33.3 Å². The van der Waals surface area contributed by atoms with Crippen LogP contribution in [-0.2, 0) is 16.1 Å². The van der Waals surface area contributed by atoms with Gasteiger partial charge in [-0.3, -0.25) is 14.6 Å². The third-order valence-electron chi connectivity index (χ3n) is 5.84. The Bertz CT molecular complexity index is 1270. The van der Waals surface area contributed by atoms with E-state index in [1.165, 1.54) is 4.90 Å². The number of hydrogen-bond acceptors (Lipinski definition) is 5. The molecule has 1 fully saturated rings. The van der Waals surface area contributed by atoms with Gasteiger partial charge < -0.3 is 14.7 Å². The highest BCUT2D eigenvalue weighted by molar-refractivity contribution is 6.46. The van der Waals surface area contributed by atoms with E-state index in [4.69, 9.17) is 16.3 Å². The number of rotatable bonds is 7. The number of hydrogen-bond donors (Lipinski definition) is 1. The molecule has 1 atom stereocenters. The van der Waals surface area contributed by atoms with E-state index in [-0.39, 0.29) is 17.9 Å². The van der Waals surface area contributed by atoms with Crippen molar-refractivity contribution in [2.45, 2.75) is 33.4 Å². The maximum atomic E-state index is 13.3. The van der Waals surface area contributed by atoms with Crippen LogP contribution < -0.4 is 4.74 Å². The van der Waals surface area contributed by atoms with E-state index in [9.17, 15) is 14.7 Å². The van der Waals surface area contributed by atoms with Crippen LogP contribution in [0.5, 0.6) is 5.75 Å². The highest BCUT2D eigenvalue weighted by Crippen LogP contribution is 2.41. The molecule has 1 aliphatic rings. The Morgan fingerprint density at radius 3 is 2.51 bits per heavy atom. The Balaban J connectivity index is 1.79. The van der Waals surface area contributed by atoms with E-state index in [0.29, 0.717) is 34.4 Å². The van der Waals surface area contributed by atoms with Gasteiger partial charge in [-0.2, -0.15) is 0 Å². The summed E-state index contributed by atoms with van der Waals surface area (Å²) >= 11 is 6.09. The average Bonchev–Trinajstić information content (AvgIpc) is 3.08. The van der Waals surface area contributed by atoms with Gasteiger partial charge in [0.1, 0.15) is 11.5 Å². The maximum Gasteiger partial charge on any atom is 0.295 e. The van der Waals surface area contributed by atoms with Gasteiger partial charge in [-0.05, 0) is 65.9 Å². The van der Waals surface area contributed by atoms with Crippen LogP contribution in [0.25, 0.3) is 5.76 Å². The minimum atomic E-state index is -0.774. The second-order valence-corrected chi connectivity index (χ2v) is 9.46. The number of aliphatic hydroxyl groups excluding tert-OH is 1. The van der Waals surface area contributed by atoms with Gasteiger partial charge in [-0.1, -0.05) is 43.6 Å². The van der Waals surface area contributed by atoms with Crippen LogP contribution in [0.4, 0.5) is 0 Å². The molecule has 2 heterocycles. The predicted octanol–water partition coefficient (Wildman–Crippen LogP) is 5.70. The predicted molar refractivity (Wildman–Crippen MR) is 135 cm³/mol. The summed E-state index contributed by atoms with van der Waals surface area (Å²) in [5.74, 6) is -0.571. The molecule has 1 N–H and O–H groups in total. The molecule has 0 radical (unpaired) electrons. The van der Waals surface area contributed by atoms with Crippen LogP contribution in [0, 0.1) is 12.8 Å². The van der Waals surface area contributed by atoms with Crippen LogP contribution >= 0.6 is 11.6 Å². The lowest BCUT2D eigenvalue weighted by Crippen LogP contribution is -2.29. The van der Waals surface area contributed by atoms with Crippen LogP contribution in [0.15, 0.2) is 72.6 Å². The summed E-state index contributed by atoms with van der Waals surface area (Å²) in [7, 11) is 0. The lowest BCUT2D eigenvalue weighted by molar-refractivity contribution is -0.140. The van der Waals surface area contributed by atoms with Gasteiger partial charge in [0, 0.05) is 29.5 Å². The zero-order valence-electron chi connectivity index (χ0n) is 19.9. The van der Waals surface area contributed by atoms with Gasteiger partial charge in [0.25, 0.3) is 11.7 Å². The molecule has 0 bridgehead atoms. The first-order valence-electron chi connectivity index (χ1n) is 11.4. The molecule has 1 aliphatic heterocycles. The number of aryl methyl sites for hydroxylation is 1. The van der Waals surface area contributed by atoms with Crippen LogP contribution in [0.3, 0.4) is 0 Å². The van der Waals surface area contributed by atoms with Crippen LogP contribution in [0.1, 0.15) is 42.1 Å². The van der Waals surface area contributed by atoms with E-state index in [1.807, 2.05) is 19.1 Å². The molecular weight excluding hydrogens is 464 g/mol. The number of aromatic nitrogens is 1. The number of likely N-dealkylation sites (tertiary alicyclic amines) is 1. The number of benzene rings is 2. The minimum Gasteiger partial charge on any atom is -0.507 e. The van der Waals surface area contributed by atoms with Gasteiger partial charge in [-0.15, -0.1) is 0 Å². The van der Waals surface area contributed by atoms with Crippen molar-refractivity contribution in [2.24, 2.45) is 5.92 Å². The van der Waals surface area contributed by atoms with E-state index in [1.54, 1.807) is 54.9 Å². The Hall–Kier alpha value is -3.64. The van der Waals surface area contributed by atoms with Crippen molar-refractivity contribution in [3.8, 4) is 5.75 Å². The summed E-state index contributed by atoms with van der Waals surface area (Å²) in [6.45, 7) is 6.70. The number of amides is 1. The molecule has 0 aliphatic carbocycles. The molecule has 0 unspecified atom stereocenters. The summed E-state index contributed by atoms with van der Waals surface area (Å²) in [6.07, 6.45) is 3.30. The third-order valence-corrected chi connectivity index (χ3v) is 6.09. The first kappa shape index (κ1) is 24.5. The number of carbonyl (C=O) groups excluding carboxylic acids is 2. The number of nitrogens with zero attached hydrogens (tertiary/aromatic N) is 2. The second kappa shape index (κ2) is 10.3. The topological polar surface area (TPSA) is 79.7 Å². The van der Waals surface area contributed by atoms with E-state index >= 15 is 0 Å². The van der Waals surface area contributed by atoms with Crippen molar-refractivity contribution in [1.82, 2.24) is 9.88 Å². The lowest BCUT2D eigenvalue weighted by atomic mass is 9.94. The van der Waals surface area contributed by atoms with Crippen molar-refractivity contribution in [3.63, 3.8) is 0 Å². The highest BCUT2D eigenvalue weighted by atomic mass is 35.5. The van der Waals surface area contributed by atoms with Gasteiger partial charge in [0.15, 0.2) is 0 Å². The van der Waals surface area contributed by atoms with Gasteiger partial charge in [-0.25, -0.2) is 0 Å². The maximum absolute atomic E-state index is 13.3. The minimum absolute atomic E-state index is 0.0418. The smallest absolute Gasteiger partial charge is 0.295 e. The molecule has 1 aromatic heterocycles. The van der Waals surface area contributed by atoms with E-state index in [0.717, 1.165) is 11.1 Å². The second-order valence-electron chi connectivity index (χ2n) is 9.02. The third kappa shape index (κ3) is 5.23. The van der Waals surface area contributed by atoms with Crippen molar-refractivity contribution >= 4 is 29.1 Å². The van der Waals surface area contributed by atoms with Crippen molar-refractivity contribution in [1.29, 1.82) is 0 Å². The number of halogens is 1. The Morgan fingerprint density at radius 1 is 1.14 bits per heavy atom. The molecule has 2 aromatic carbocycles. The lowest BCUT2D eigenvalue weighted by Gasteiger charge is -2.25. The molecule has 4 rings (SSSR count). The number of carbonyl (C=O) groups is 2. The normalized spacial score (nSPS) is 17.3. The molecule has 6 nitrogen and oxygen atoms in total. The molecule has 1 saturated heterocycles. The van der Waals surface area contributed by atoms with Gasteiger partial charge in [0.05, 0.1) is 18.2 Å². The molecule has 7 heteroatoms. The largest absolute Gasteiger partial charge is 0.507 e. The van der Waals surface area contributed by atoms with Crippen molar-refractivity contribution in [2.75, 3.05) is 6.61 Å². The highest BCUT2D eigenvalue weighted by Gasteiger charge is 2.46. The summed E-state index contributed by atoms with van der Waals surface area (Å²) in [5.41, 5.74) is 2.70. The molecule has 0 spiro atoms.